The predicted molar refractivity (Wildman–Crippen MR) is 65.5 cm³/mol. The van der Waals surface area contributed by atoms with Crippen LogP contribution >= 0.6 is 0 Å². The van der Waals surface area contributed by atoms with E-state index in [0.717, 1.165) is 18.0 Å². The normalized spacial score (nSPS) is 23.8. The minimum atomic E-state index is -0.713. The van der Waals surface area contributed by atoms with Crippen molar-refractivity contribution in [2.24, 2.45) is 5.92 Å². The molecule has 1 N–H and O–H groups in total. The van der Waals surface area contributed by atoms with Gasteiger partial charge in [-0.1, -0.05) is 12.1 Å². The first-order valence-corrected chi connectivity index (χ1v) is 5.77. The molecule has 1 aliphatic rings. The summed E-state index contributed by atoms with van der Waals surface area (Å²) in [6.07, 6.45) is 0.689. The topological polar surface area (TPSA) is 49.8 Å². The highest BCUT2D eigenvalue weighted by Crippen LogP contribution is 2.35. The molecule has 1 aliphatic heterocycles. The van der Waals surface area contributed by atoms with Gasteiger partial charge in [0.05, 0.1) is 18.7 Å². The number of benzene rings is 1. The Bertz CT molecular complexity index is 419. The summed E-state index contributed by atoms with van der Waals surface area (Å²) in [6.45, 7) is 2.72. The predicted octanol–water partition coefficient (Wildman–Crippen LogP) is 1.99. The van der Waals surface area contributed by atoms with Crippen LogP contribution in [0.3, 0.4) is 0 Å². The van der Waals surface area contributed by atoms with Crippen molar-refractivity contribution in [2.45, 2.75) is 19.4 Å². The van der Waals surface area contributed by atoms with Crippen molar-refractivity contribution >= 4 is 11.7 Å². The van der Waals surface area contributed by atoms with Gasteiger partial charge in [0.1, 0.15) is 5.75 Å². The Labute approximate surface area is 101 Å². The second-order valence-corrected chi connectivity index (χ2v) is 4.34. The molecule has 0 aliphatic carbocycles. The number of nitrogens with zero attached hydrogens (tertiary/aromatic N) is 1. The van der Waals surface area contributed by atoms with Gasteiger partial charge in [0.25, 0.3) is 0 Å². The maximum atomic E-state index is 11.1. The monoisotopic (exact) mass is 235 g/mol. The molecule has 0 amide bonds. The fourth-order valence-corrected chi connectivity index (χ4v) is 2.48. The highest BCUT2D eigenvalue weighted by atomic mass is 16.5. The van der Waals surface area contributed by atoms with E-state index in [-0.39, 0.29) is 12.0 Å². The van der Waals surface area contributed by atoms with Crippen molar-refractivity contribution in [1.29, 1.82) is 0 Å². The highest BCUT2D eigenvalue weighted by molar-refractivity contribution is 5.73. The van der Waals surface area contributed by atoms with Crippen LogP contribution in [0.2, 0.25) is 0 Å². The lowest BCUT2D eigenvalue weighted by molar-refractivity contribution is -0.141. The van der Waals surface area contributed by atoms with E-state index < -0.39 is 5.97 Å². The van der Waals surface area contributed by atoms with E-state index in [9.17, 15) is 4.79 Å². The summed E-state index contributed by atoms with van der Waals surface area (Å²) >= 11 is 0. The van der Waals surface area contributed by atoms with Crippen molar-refractivity contribution < 1.29 is 14.6 Å². The zero-order chi connectivity index (χ0) is 12.4. The molecule has 1 heterocycles. The third kappa shape index (κ3) is 2.07. The third-order valence-electron chi connectivity index (χ3n) is 3.47. The fraction of sp³-hybridized carbons (Fsp3) is 0.462. The number of anilines is 1. The van der Waals surface area contributed by atoms with E-state index in [4.69, 9.17) is 9.84 Å². The number of para-hydroxylation sites is 2. The Morgan fingerprint density at radius 1 is 1.47 bits per heavy atom. The molecule has 0 unspecified atom stereocenters. The van der Waals surface area contributed by atoms with Crippen LogP contribution in [-0.4, -0.2) is 30.8 Å². The van der Waals surface area contributed by atoms with Gasteiger partial charge in [-0.3, -0.25) is 4.79 Å². The van der Waals surface area contributed by atoms with Gasteiger partial charge in [-0.2, -0.15) is 0 Å². The molecule has 4 nitrogen and oxygen atoms in total. The van der Waals surface area contributed by atoms with Gasteiger partial charge in [-0.05, 0) is 25.5 Å². The molecule has 0 aromatic heterocycles. The first-order valence-electron chi connectivity index (χ1n) is 5.77. The van der Waals surface area contributed by atoms with Crippen molar-refractivity contribution in [3.05, 3.63) is 24.3 Å². The average Bonchev–Trinajstić information content (AvgIpc) is 2.71. The molecule has 0 radical (unpaired) electrons. The van der Waals surface area contributed by atoms with Gasteiger partial charge in [0.15, 0.2) is 0 Å². The molecule has 1 aromatic rings. The van der Waals surface area contributed by atoms with Crippen LogP contribution in [0.15, 0.2) is 24.3 Å². The molecule has 1 fully saturated rings. The van der Waals surface area contributed by atoms with Crippen LogP contribution in [-0.2, 0) is 4.79 Å². The highest BCUT2D eigenvalue weighted by Gasteiger charge is 2.36. The lowest BCUT2D eigenvalue weighted by Gasteiger charge is -2.26. The van der Waals surface area contributed by atoms with Gasteiger partial charge < -0.3 is 14.7 Å². The molecule has 92 valence electrons. The first kappa shape index (κ1) is 11.8. The van der Waals surface area contributed by atoms with Crippen LogP contribution in [0.25, 0.3) is 0 Å². The number of carboxylic acid groups (broad SMARTS) is 1. The number of carbonyl (C=O) groups is 1. The van der Waals surface area contributed by atoms with Crippen molar-refractivity contribution in [3.63, 3.8) is 0 Å². The van der Waals surface area contributed by atoms with E-state index in [0.29, 0.717) is 6.42 Å². The largest absolute Gasteiger partial charge is 0.495 e. The lowest BCUT2D eigenvalue weighted by Crippen LogP contribution is -2.33. The summed E-state index contributed by atoms with van der Waals surface area (Å²) in [5, 5.41) is 9.12. The molecule has 2 atom stereocenters. The second kappa shape index (κ2) is 4.65. The Morgan fingerprint density at radius 3 is 2.76 bits per heavy atom. The maximum absolute atomic E-state index is 11.1. The average molecular weight is 235 g/mol. The van der Waals surface area contributed by atoms with Gasteiger partial charge >= 0.3 is 5.97 Å². The molecular weight excluding hydrogens is 218 g/mol. The van der Waals surface area contributed by atoms with Gasteiger partial charge in [-0.25, -0.2) is 0 Å². The van der Waals surface area contributed by atoms with Gasteiger partial charge in [-0.15, -0.1) is 0 Å². The Hall–Kier alpha value is -1.71. The number of carboxylic acids is 1. The number of aliphatic carboxylic acids is 1. The van der Waals surface area contributed by atoms with Crippen LogP contribution in [0.5, 0.6) is 5.75 Å². The van der Waals surface area contributed by atoms with E-state index in [1.54, 1.807) is 7.11 Å². The number of methoxy groups -OCH3 is 1. The zero-order valence-electron chi connectivity index (χ0n) is 10.1. The molecule has 0 spiro atoms. The van der Waals surface area contributed by atoms with Crippen LogP contribution in [0.4, 0.5) is 5.69 Å². The summed E-state index contributed by atoms with van der Waals surface area (Å²) in [7, 11) is 1.63. The van der Waals surface area contributed by atoms with Crippen molar-refractivity contribution in [1.82, 2.24) is 0 Å². The van der Waals surface area contributed by atoms with Crippen molar-refractivity contribution in [3.8, 4) is 5.75 Å². The molecule has 17 heavy (non-hydrogen) atoms. The number of ether oxygens (including phenoxy) is 1. The number of hydrogen-bond donors (Lipinski definition) is 1. The number of hydrogen-bond acceptors (Lipinski definition) is 3. The Morgan fingerprint density at radius 2 is 2.18 bits per heavy atom. The molecule has 1 aromatic carbocycles. The molecule has 4 heteroatoms. The van der Waals surface area contributed by atoms with Gasteiger partial charge in [0, 0.05) is 12.6 Å². The summed E-state index contributed by atoms with van der Waals surface area (Å²) in [6, 6.07) is 7.73. The molecule has 1 saturated heterocycles. The number of rotatable bonds is 3. The van der Waals surface area contributed by atoms with Gasteiger partial charge in [0.2, 0.25) is 0 Å². The summed E-state index contributed by atoms with van der Waals surface area (Å²) in [4.78, 5) is 13.2. The van der Waals surface area contributed by atoms with Crippen molar-refractivity contribution in [2.75, 3.05) is 18.6 Å². The molecule has 0 saturated carbocycles. The summed E-state index contributed by atoms with van der Waals surface area (Å²) in [5.41, 5.74) is 0.978. The molecular formula is C13H17NO3. The minimum absolute atomic E-state index is 0.00352. The van der Waals surface area contributed by atoms with E-state index in [1.807, 2.05) is 31.2 Å². The minimum Gasteiger partial charge on any atom is -0.495 e. The van der Waals surface area contributed by atoms with Crippen LogP contribution in [0, 0.1) is 5.92 Å². The summed E-state index contributed by atoms with van der Waals surface area (Å²) in [5.74, 6) is -0.208. The SMILES string of the molecule is COc1ccccc1N1CC[C@H](C(=O)O)[C@H]1C. The molecule has 0 bridgehead atoms. The van der Waals surface area contributed by atoms with E-state index in [2.05, 4.69) is 4.90 Å². The maximum Gasteiger partial charge on any atom is 0.308 e. The Kier molecular flexibility index (Phi) is 3.22. The standard InChI is InChI=1S/C13H17NO3/c1-9-10(13(15)16)7-8-14(9)11-5-3-4-6-12(11)17-2/h3-6,9-10H,7-8H2,1-2H3,(H,15,16)/t9-,10+/m1/s1. The fourth-order valence-electron chi connectivity index (χ4n) is 2.48. The smallest absolute Gasteiger partial charge is 0.308 e. The lowest BCUT2D eigenvalue weighted by atomic mass is 10.0. The van der Waals surface area contributed by atoms with Crippen LogP contribution in [0.1, 0.15) is 13.3 Å². The molecule has 2 rings (SSSR count). The zero-order valence-corrected chi connectivity index (χ0v) is 10.1. The van der Waals surface area contributed by atoms with E-state index >= 15 is 0 Å². The quantitative estimate of drug-likeness (QED) is 0.870. The second-order valence-electron chi connectivity index (χ2n) is 4.34. The first-order chi connectivity index (χ1) is 8.15. The third-order valence-corrected chi connectivity index (χ3v) is 3.47. The van der Waals surface area contributed by atoms with E-state index in [1.165, 1.54) is 0 Å². The summed E-state index contributed by atoms with van der Waals surface area (Å²) < 4.78 is 5.31. The Balaban J connectivity index is 2.27. The van der Waals surface area contributed by atoms with Crippen LogP contribution < -0.4 is 9.64 Å².